The summed E-state index contributed by atoms with van der Waals surface area (Å²) in [7, 11) is 0. The van der Waals surface area contributed by atoms with Gasteiger partial charge in [-0.2, -0.15) is 0 Å². The summed E-state index contributed by atoms with van der Waals surface area (Å²) in [5.41, 5.74) is 2.43. The number of carbonyl (C=O) groups is 1. The highest BCUT2D eigenvalue weighted by Crippen LogP contribution is 2.43. The maximum absolute atomic E-state index is 12.2. The van der Waals surface area contributed by atoms with Crippen molar-refractivity contribution in [3.63, 3.8) is 0 Å². The molecule has 1 amide bonds. The highest BCUT2D eigenvalue weighted by atomic mass is 35.5. The lowest BCUT2D eigenvalue weighted by atomic mass is 10.0. The molecule has 3 heterocycles. The zero-order chi connectivity index (χ0) is 22.0. The summed E-state index contributed by atoms with van der Waals surface area (Å²) in [6.45, 7) is 6.49. The van der Waals surface area contributed by atoms with Gasteiger partial charge in [0.05, 0.1) is 39.8 Å². The van der Waals surface area contributed by atoms with Gasteiger partial charge in [-0.1, -0.05) is 29.3 Å². The summed E-state index contributed by atoms with van der Waals surface area (Å²) in [4.78, 5) is 20.4. The Morgan fingerprint density at radius 1 is 1.19 bits per heavy atom. The zero-order valence-corrected chi connectivity index (χ0v) is 19.1. The molecule has 1 aromatic heterocycles. The van der Waals surface area contributed by atoms with Crippen LogP contribution < -0.4 is 15.0 Å². The fourth-order valence-electron chi connectivity index (χ4n) is 4.05. The molecule has 0 unspecified atom stereocenters. The van der Waals surface area contributed by atoms with E-state index in [2.05, 4.69) is 21.3 Å². The average Bonchev–Trinajstić information content (AvgIpc) is 2.76. The molecule has 31 heavy (non-hydrogen) atoms. The number of ether oxygens (including phenoxy) is 2. The van der Waals surface area contributed by atoms with Crippen LogP contribution >= 0.6 is 23.2 Å². The van der Waals surface area contributed by atoms with E-state index in [0.29, 0.717) is 41.5 Å². The number of anilines is 3. The third kappa shape index (κ3) is 4.77. The molecule has 0 spiro atoms. The summed E-state index contributed by atoms with van der Waals surface area (Å²) < 4.78 is 11.4. The molecule has 1 fully saturated rings. The molecule has 2 aliphatic rings. The van der Waals surface area contributed by atoms with Gasteiger partial charge in [0.25, 0.3) is 0 Å². The van der Waals surface area contributed by atoms with Crippen LogP contribution in [0.25, 0.3) is 0 Å². The molecule has 4 rings (SSSR count). The minimum absolute atomic E-state index is 0.107. The lowest BCUT2D eigenvalue weighted by Gasteiger charge is -2.42. The average molecular weight is 465 g/mol. The second-order valence-corrected chi connectivity index (χ2v) is 8.76. The van der Waals surface area contributed by atoms with E-state index in [1.165, 1.54) is 0 Å². The molecule has 1 N–H and O–H groups in total. The number of nitrogens with one attached hydrogen (secondary N) is 1. The number of nitrogens with zero attached hydrogens (tertiary/aromatic N) is 3. The monoisotopic (exact) mass is 464 g/mol. The zero-order valence-electron chi connectivity index (χ0n) is 17.6. The predicted octanol–water partition coefficient (Wildman–Crippen LogP) is 5.34. The number of hydrogen-bond acceptors (Lipinski definition) is 6. The van der Waals surface area contributed by atoms with Crippen LogP contribution in [0, 0.1) is 0 Å². The molecular weight excluding hydrogens is 439 g/mol. The fraction of sp³-hybridized carbons (Fsp3) is 0.455. The molecule has 2 aliphatic heterocycles. The summed E-state index contributed by atoms with van der Waals surface area (Å²) in [5.74, 6) is 0.777. The quantitative estimate of drug-likeness (QED) is 0.658. The Labute approximate surface area is 192 Å². The molecule has 0 bridgehead atoms. The number of carbonyl (C=O) groups excluding carboxylic acids is 1. The van der Waals surface area contributed by atoms with Gasteiger partial charge in [0.1, 0.15) is 6.61 Å². The van der Waals surface area contributed by atoms with Crippen molar-refractivity contribution in [2.24, 2.45) is 0 Å². The molecule has 0 saturated carbocycles. The van der Waals surface area contributed by atoms with Gasteiger partial charge < -0.3 is 24.6 Å². The van der Waals surface area contributed by atoms with Crippen molar-refractivity contribution < 1.29 is 14.3 Å². The van der Waals surface area contributed by atoms with Crippen molar-refractivity contribution >= 4 is 46.4 Å². The number of benzene rings is 1. The van der Waals surface area contributed by atoms with Gasteiger partial charge >= 0.3 is 6.09 Å². The van der Waals surface area contributed by atoms with Crippen molar-refractivity contribution in [3.8, 4) is 5.75 Å². The number of likely N-dealkylation sites (tertiary alicyclic amines) is 1. The van der Waals surface area contributed by atoms with Crippen molar-refractivity contribution in [2.75, 3.05) is 36.5 Å². The first kappa shape index (κ1) is 21.8. The van der Waals surface area contributed by atoms with Gasteiger partial charge in [-0.25, -0.2) is 4.79 Å². The molecule has 0 aliphatic carbocycles. The minimum Gasteiger partial charge on any atom is -0.487 e. The highest BCUT2D eigenvalue weighted by Gasteiger charge is 2.31. The van der Waals surface area contributed by atoms with Crippen molar-refractivity contribution in [1.82, 2.24) is 9.88 Å². The Bertz CT molecular complexity index is 928. The molecule has 0 atom stereocenters. The Morgan fingerprint density at radius 2 is 1.90 bits per heavy atom. The van der Waals surface area contributed by atoms with E-state index in [-0.39, 0.29) is 12.2 Å². The Morgan fingerprint density at radius 3 is 2.58 bits per heavy atom. The Balaban J connectivity index is 1.51. The first-order valence-corrected chi connectivity index (χ1v) is 11.2. The molecule has 2 aromatic rings. The SMILES string of the molecule is CC(C)OC(=O)N1CCC(N2CCOc3c(Nc4c(Cl)cncc4Cl)cccc32)CC1. The van der Waals surface area contributed by atoms with E-state index in [4.69, 9.17) is 32.7 Å². The van der Waals surface area contributed by atoms with E-state index in [1.807, 2.05) is 26.0 Å². The minimum atomic E-state index is -0.228. The van der Waals surface area contributed by atoms with Gasteiger partial charge in [-0.3, -0.25) is 4.98 Å². The second-order valence-electron chi connectivity index (χ2n) is 7.95. The fourth-order valence-corrected chi connectivity index (χ4v) is 4.51. The topological polar surface area (TPSA) is 66.9 Å². The molecular formula is C22H26Cl2N4O3. The maximum Gasteiger partial charge on any atom is 0.410 e. The van der Waals surface area contributed by atoms with Gasteiger partial charge in [0.15, 0.2) is 5.75 Å². The van der Waals surface area contributed by atoms with E-state index >= 15 is 0 Å². The van der Waals surface area contributed by atoms with Crippen LogP contribution in [0.5, 0.6) is 5.75 Å². The van der Waals surface area contributed by atoms with Crippen LogP contribution in [0.1, 0.15) is 26.7 Å². The van der Waals surface area contributed by atoms with E-state index in [0.717, 1.165) is 36.5 Å². The van der Waals surface area contributed by atoms with E-state index in [1.54, 1.807) is 17.3 Å². The highest BCUT2D eigenvalue weighted by molar-refractivity contribution is 6.39. The van der Waals surface area contributed by atoms with E-state index in [9.17, 15) is 4.79 Å². The molecule has 166 valence electrons. The van der Waals surface area contributed by atoms with Crippen molar-refractivity contribution in [2.45, 2.75) is 38.8 Å². The number of halogens is 2. The molecule has 9 heteroatoms. The molecule has 1 saturated heterocycles. The molecule has 1 aromatic carbocycles. The van der Waals surface area contributed by atoms with Gasteiger partial charge in [0, 0.05) is 31.5 Å². The predicted molar refractivity (Wildman–Crippen MR) is 123 cm³/mol. The van der Waals surface area contributed by atoms with Crippen LogP contribution in [-0.2, 0) is 4.74 Å². The number of fused-ring (bicyclic) bond motifs is 1. The summed E-state index contributed by atoms with van der Waals surface area (Å²) in [5, 5.41) is 4.19. The van der Waals surface area contributed by atoms with Gasteiger partial charge in [-0.05, 0) is 38.8 Å². The third-order valence-corrected chi connectivity index (χ3v) is 6.07. The number of para-hydroxylation sites is 1. The Kier molecular flexibility index (Phi) is 6.62. The summed E-state index contributed by atoms with van der Waals surface area (Å²) >= 11 is 12.6. The van der Waals surface area contributed by atoms with Crippen LogP contribution in [0.4, 0.5) is 21.9 Å². The van der Waals surface area contributed by atoms with Crippen molar-refractivity contribution in [3.05, 3.63) is 40.6 Å². The van der Waals surface area contributed by atoms with Crippen LogP contribution in [0.3, 0.4) is 0 Å². The standard InChI is InChI=1S/C22H26Cl2N4O3/c1-14(2)31-22(29)27-8-6-15(7-9-27)28-10-11-30-21-18(4-3-5-19(21)28)26-20-16(23)12-25-13-17(20)24/h3-5,12-15H,6-11H2,1-2H3,(H,25,26). The maximum atomic E-state index is 12.2. The third-order valence-electron chi connectivity index (χ3n) is 5.50. The van der Waals surface area contributed by atoms with Crippen molar-refractivity contribution in [1.29, 1.82) is 0 Å². The lowest BCUT2D eigenvalue weighted by Crippen LogP contribution is -2.49. The smallest absolute Gasteiger partial charge is 0.410 e. The molecule has 0 radical (unpaired) electrons. The Hall–Kier alpha value is -2.38. The lowest BCUT2D eigenvalue weighted by molar-refractivity contribution is 0.0687. The number of amides is 1. The van der Waals surface area contributed by atoms with Crippen LogP contribution in [0.2, 0.25) is 10.0 Å². The second kappa shape index (κ2) is 9.40. The van der Waals surface area contributed by atoms with Gasteiger partial charge in [-0.15, -0.1) is 0 Å². The number of hydrogen-bond donors (Lipinski definition) is 1. The van der Waals surface area contributed by atoms with E-state index < -0.39 is 0 Å². The van der Waals surface area contributed by atoms with Crippen LogP contribution in [-0.4, -0.2) is 54.4 Å². The summed E-state index contributed by atoms with van der Waals surface area (Å²) in [6, 6.07) is 6.32. The normalized spacial score (nSPS) is 16.7. The summed E-state index contributed by atoms with van der Waals surface area (Å²) in [6.07, 6.45) is 4.53. The largest absolute Gasteiger partial charge is 0.487 e. The number of aromatic nitrogens is 1. The number of pyridine rings is 1. The molecule has 7 nitrogen and oxygen atoms in total. The number of piperidine rings is 1. The van der Waals surface area contributed by atoms with Gasteiger partial charge in [0.2, 0.25) is 0 Å². The number of rotatable bonds is 4. The first-order valence-electron chi connectivity index (χ1n) is 10.5. The first-order chi connectivity index (χ1) is 14.9. The van der Waals surface area contributed by atoms with Crippen LogP contribution in [0.15, 0.2) is 30.6 Å².